The molecule has 1 unspecified atom stereocenters. The summed E-state index contributed by atoms with van der Waals surface area (Å²) in [5, 5.41) is 11.4. The van der Waals surface area contributed by atoms with E-state index in [4.69, 9.17) is 5.26 Å². The SMILES string of the molecule is CCCNc1c(F)cc(C(=O)N(C)CC(C)C#N)cc1F. The van der Waals surface area contributed by atoms with Gasteiger partial charge in [-0.3, -0.25) is 4.79 Å². The molecule has 0 radical (unpaired) electrons. The Hall–Kier alpha value is -2.16. The largest absolute Gasteiger partial charge is 0.380 e. The summed E-state index contributed by atoms with van der Waals surface area (Å²) in [6.07, 6.45) is 0.731. The highest BCUT2D eigenvalue weighted by Crippen LogP contribution is 2.21. The van der Waals surface area contributed by atoms with Gasteiger partial charge in [-0.25, -0.2) is 8.78 Å². The number of hydrogen-bond donors (Lipinski definition) is 1. The number of rotatable bonds is 6. The molecule has 0 saturated carbocycles. The van der Waals surface area contributed by atoms with E-state index >= 15 is 0 Å². The predicted molar refractivity (Wildman–Crippen MR) is 76.9 cm³/mol. The highest BCUT2D eigenvalue weighted by molar-refractivity contribution is 5.94. The van der Waals surface area contributed by atoms with E-state index in [1.807, 2.05) is 13.0 Å². The number of nitrogens with zero attached hydrogens (tertiary/aromatic N) is 2. The normalized spacial score (nSPS) is 11.6. The van der Waals surface area contributed by atoms with Gasteiger partial charge in [-0.2, -0.15) is 5.26 Å². The van der Waals surface area contributed by atoms with Gasteiger partial charge < -0.3 is 10.2 Å². The third-order valence-electron chi connectivity index (χ3n) is 2.96. The van der Waals surface area contributed by atoms with Gasteiger partial charge in [-0.15, -0.1) is 0 Å². The molecule has 6 heteroatoms. The number of halogens is 2. The summed E-state index contributed by atoms with van der Waals surface area (Å²) in [7, 11) is 1.50. The van der Waals surface area contributed by atoms with E-state index in [1.165, 1.54) is 11.9 Å². The smallest absolute Gasteiger partial charge is 0.253 e. The summed E-state index contributed by atoms with van der Waals surface area (Å²) in [4.78, 5) is 13.4. The molecule has 0 bridgehead atoms. The van der Waals surface area contributed by atoms with Crippen LogP contribution in [0.15, 0.2) is 12.1 Å². The molecule has 0 aliphatic heterocycles. The van der Waals surface area contributed by atoms with Crippen molar-refractivity contribution < 1.29 is 13.6 Å². The standard InChI is InChI=1S/C15H19F2N3O/c1-4-5-19-14-12(16)6-11(7-13(14)17)15(21)20(3)9-10(2)8-18/h6-7,10,19H,4-5,9H2,1-3H3. The first-order valence-corrected chi connectivity index (χ1v) is 6.78. The maximum atomic E-state index is 13.9. The molecule has 1 aromatic carbocycles. The van der Waals surface area contributed by atoms with Crippen LogP contribution < -0.4 is 5.32 Å². The van der Waals surface area contributed by atoms with Gasteiger partial charge in [0.25, 0.3) is 5.91 Å². The van der Waals surface area contributed by atoms with Gasteiger partial charge >= 0.3 is 0 Å². The van der Waals surface area contributed by atoms with Crippen LogP contribution in [0.5, 0.6) is 0 Å². The second-order valence-electron chi connectivity index (χ2n) is 4.96. The van der Waals surface area contributed by atoms with Crippen LogP contribution >= 0.6 is 0 Å². The number of nitriles is 1. The Morgan fingerprint density at radius 1 is 1.43 bits per heavy atom. The van der Waals surface area contributed by atoms with E-state index in [9.17, 15) is 13.6 Å². The lowest BCUT2D eigenvalue weighted by atomic mass is 10.1. The molecule has 4 nitrogen and oxygen atoms in total. The molecule has 1 rings (SSSR count). The Kier molecular flexibility index (Phi) is 6.10. The monoisotopic (exact) mass is 295 g/mol. The van der Waals surface area contributed by atoms with Crippen molar-refractivity contribution >= 4 is 11.6 Å². The minimum absolute atomic E-state index is 0.0697. The van der Waals surface area contributed by atoms with Gasteiger partial charge in [0, 0.05) is 25.7 Å². The Morgan fingerprint density at radius 3 is 2.48 bits per heavy atom. The van der Waals surface area contributed by atoms with E-state index in [0.717, 1.165) is 18.6 Å². The van der Waals surface area contributed by atoms with Gasteiger partial charge in [-0.05, 0) is 25.5 Å². The lowest BCUT2D eigenvalue weighted by molar-refractivity contribution is 0.0784. The summed E-state index contributed by atoms with van der Waals surface area (Å²) in [5.41, 5.74) is -0.291. The van der Waals surface area contributed by atoms with Crippen molar-refractivity contribution in [2.45, 2.75) is 20.3 Å². The van der Waals surface area contributed by atoms with Gasteiger partial charge in [0.1, 0.15) is 17.3 Å². The average Bonchev–Trinajstić information content (AvgIpc) is 2.45. The van der Waals surface area contributed by atoms with Gasteiger partial charge in [0.05, 0.1) is 12.0 Å². The first-order chi connectivity index (χ1) is 9.90. The molecule has 114 valence electrons. The second-order valence-corrected chi connectivity index (χ2v) is 4.96. The number of amides is 1. The number of carbonyl (C=O) groups is 1. The Balaban J connectivity index is 2.94. The van der Waals surface area contributed by atoms with Crippen molar-refractivity contribution in [3.8, 4) is 6.07 Å². The van der Waals surface area contributed by atoms with Crippen LogP contribution in [0.1, 0.15) is 30.6 Å². The van der Waals surface area contributed by atoms with E-state index in [1.54, 1.807) is 6.92 Å². The third kappa shape index (κ3) is 4.42. The molecule has 0 fully saturated rings. The van der Waals surface area contributed by atoms with Crippen LogP contribution in [0, 0.1) is 28.9 Å². The van der Waals surface area contributed by atoms with E-state index in [2.05, 4.69) is 5.32 Å². The van der Waals surface area contributed by atoms with Gasteiger partial charge in [0.15, 0.2) is 0 Å². The predicted octanol–water partition coefficient (Wildman–Crippen LogP) is 3.02. The van der Waals surface area contributed by atoms with Crippen molar-refractivity contribution in [1.82, 2.24) is 4.90 Å². The van der Waals surface area contributed by atoms with Crippen LogP contribution in [-0.4, -0.2) is 30.9 Å². The van der Waals surface area contributed by atoms with Crippen molar-refractivity contribution in [1.29, 1.82) is 5.26 Å². The fourth-order valence-corrected chi connectivity index (χ4v) is 1.87. The Bertz CT molecular complexity index is 531. The second kappa shape index (κ2) is 7.58. The molecule has 1 amide bonds. The average molecular weight is 295 g/mol. The lowest BCUT2D eigenvalue weighted by Crippen LogP contribution is -2.30. The van der Waals surface area contributed by atoms with Crippen LogP contribution in [0.3, 0.4) is 0 Å². The first-order valence-electron chi connectivity index (χ1n) is 6.78. The van der Waals surface area contributed by atoms with Crippen LogP contribution in [-0.2, 0) is 0 Å². The van der Waals surface area contributed by atoms with E-state index < -0.39 is 17.5 Å². The summed E-state index contributed by atoms with van der Waals surface area (Å²) >= 11 is 0. The highest BCUT2D eigenvalue weighted by Gasteiger charge is 2.18. The lowest BCUT2D eigenvalue weighted by Gasteiger charge is -2.19. The summed E-state index contributed by atoms with van der Waals surface area (Å²) in [6, 6.07) is 4.03. The maximum Gasteiger partial charge on any atom is 0.253 e. The van der Waals surface area contributed by atoms with Crippen molar-refractivity contribution in [3.05, 3.63) is 29.3 Å². The van der Waals surface area contributed by atoms with E-state index in [-0.39, 0.29) is 23.7 Å². The molecular weight excluding hydrogens is 276 g/mol. The molecule has 0 aromatic heterocycles. The topological polar surface area (TPSA) is 56.1 Å². The van der Waals surface area contributed by atoms with Crippen molar-refractivity contribution in [2.24, 2.45) is 5.92 Å². The highest BCUT2D eigenvalue weighted by atomic mass is 19.1. The van der Waals surface area contributed by atoms with Crippen molar-refractivity contribution in [3.63, 3.8) is 0 Å². The molecule has 0 spiro atoms. The zero-order valence-corrected chi connectivity index (χ0v) is 12.4. The van der Waals surface area contributed by atoms with Gasteiger partial charge in [0.2, 0.25) is 0 Å². The molecule has 0 saturated heterocycles. The van der Waals surface area contributed by atoms with E-state index in [0.29, 0.717) is 6.54 Å². The summed E-state index contributed by atoms with van der Waals surface area (Å²) < 4.78 is 27.7. The zero-order valence-electron chi connectivity index (χ0n) is 12.4. The van der Waals surface area contributed by atoms with Gasteiger partial charge in [-0.1, -0.05) is 6.92 Å². The quantitative estimate of drug-likeness (QED) is 0.877. The molecule has 0 aliphatic rings. The minimum Gasteiger partial charge on any atom is -0.380 e. The molecule has 1 aromatic rings. The number of carbonyl (C=O) groups excluding carboxylic acids is 1. The summed E-state index contributed by atoms with van der Waals surface area (Å²) in [5.74, 6) is -2.46. The first kappa shape index (κ1) is 16.9. The summed E-state index contributed by atoms with van der Waals surface area (Å²) in [6.45, 7) is 4.20. The third-order valence-corrected chi connectivity index (χ3v) is 2.96. The van der Waals surface area contributed by atoms with Crippen LogP contribution in [0.2, 0.25) is 0 Å². The molecule has 0 heterocycles. The van der Waals surface area contributed by atoms with Crippen LogP contribution in [0.4, 0.5) is 14.5 Å². The van der Waals surface area contributed by atoms with Crippen molar-refractivity contribution in [2.75, 3.05) is 25.5 Å². The molecular formula is C15H19F2N3O. The number of benzene rings is 1. The molecule has 1 atom stereocenters. The maximum absolute atomic E-state index is 13.9. The fraction of sp³-hybridized carbons (Fsp3) is 0.467. The molecule has 0 aliphatic carbocycles. The Morgan fingerprint density at radius 2 is 2.00 bits per heavy atom. The minimum atomic E-state index is -0.798. The number of hydrogen-bond acceptors (Lipinski definition) is 3. The molecule has 1 N–H and O–H groups in total. The fourth-order valence-electron chi connectivity index (χ4n) is 1.87. The molecule has 21 heavy (non-hydrogen) atoms. The van der Waals surface area contributed by atoms with Crippen LogP contribution in [0.25, 0.3) is 0 Å². The zero-order chi connectivity index (χ0) is 16.0. The number of anilines is 1. The number of nitrogens with one attached hydrogen (secondary N) is 1. The Labute approximate surface area is 123 Å².